The van der Waals surface area contributed by atoms with E-state index in [9.17, 15) is 18.0 Å². The minimum absolute atomic E-state index is 0.0256. The highest BCUT2D eigenvalue weighted by Gasteiger charge is 2.43. The first-order valence-electron chi connectivity index (χ1n) is 14.2. The van der Waals surface area contributed by atoms with Crippen molar-refractivity contribution in [2.75, 3.05) is 31.7 Å². The van der Waals surface area contributed by atoms with Crippen molar-refractivity contribution in [3.63, 3.8) is 0 Å². The Kier molecular flexibility index (Phi) is 7.95. The van der Waals surface area contributed by atoms with Gasteiger partial charge in [0, 0.05) is 36.3 Å². The Morgan fingerprint density at radius 2 is 1.80 bits per heavy atom. The molecule has 3 aliphatic rings. The number of rotatable bonds is 8. The standard InChI is InChI=1S/C29H40FN5O5S/c1-29(2)13-23-27(41(38,39)16-29)20-14-40-15-24(20)35(23)19-11-21(30)26(28(31)37)22(12-19)32-17-5-7-18(8-6-17)33-25(36)9-10-34(3)4/h11-12,17-18,32H,5-10,13-16H2,1-4H3,(H2,31,37)(H,33,36)/t17-,18-. The monoisotopic (exact) mass is 589 g/mol. The summed E-state index contributed by atoms with van der Waals surface area (Å²) in [6.45, 7) is 4.91. The van der Waals surface area contributed by atoms with Crippen molar-refractivity contribution in [2.24, 2.45) is 11.1 Å². The van der Waals surface area contributed by atoms with E-state index in [0.29, 0.717) is 46.9 Å². The molecule has 1 aromatic heterocycles. The zero-order valence-corrected chi connectivity index (χ0v) is 25.0. The molecule has 0 spiro atoms. The minimum Gasteiger partial charge on any atom is -0.382 e. The lowest BCUT2D eigenvalue weighted by atomic mass is 9.89. The van der Waals surface area contributed by atoms with Crippen LogP contribution in [0.2, 0.25) is 0 Å². The molecule has 0 atom stereocenters. The number of anilines is 1. The third-order valence-electron chi connectivity index (χ3n) is 8.26. The third kappa shape index (κ3) is 6.00. The van der Waals surface area contributed by atoms with E-state index >= 15 is 4.39 Å². The number of hydrogen-bond acceptors (Lipinski definition) is 7. The third-order valence-corrected chi connectivity index (χ3v) is 10.5. The first-order chi connectivity index (χ1) is 19.3. The number of nitrogens with zero attached hydrogens (tertiary/aromatic N) is 2. The lowest BCUT2D eigenvalue weighted by Gasteiger charge is -2.32. The van der Waals surface area contributed by atoms with Crippen LogP contribution in [0.5, 0.6) is 0 Å². The van der Waals surface area contributed by atoms with Gasteiger partial charge in [0.2, 0.25) is 5.91 Å². The molecule has 0 bridgehead atoms. The molecule has 5 rings (SSSR count). The number of carbonyl (C=O) groups is 2. The fraction of sp³-hybridized carbons (Fsp3) is 0.586. The molecule has 0 saturated heterocycles. The number of primary amides is 1. The Balaban J connectivity index is 1.43. The average Bonchev–Trinajstić information content (AvgIpc) is 3.42. The van der Waals surface area contributed by atoms with E-state index in [1.807, 2.05) is 32.8 Å². The topological polar surface area (TPSA) is 136 Å². The van der Waals surface area contributed by atoms with E-state index in [0.717, 1.165) is 25.7 Å². The molecule has 0 unspecified atom stereocenters. The fourth-order valence-electron chi connectivity index (χ4n) is 6.50. The molecule has 1 aliphatic carbocycles. The van der Waals surface area contributed by atoms with E-state index in [2.05, 4.69) is 10.6 Å². The lowest BCUT2D eigenvalue weighted by Crippen LogP contribution is -2.41. The van der Waals surface area contributed by atoms with Crippen LogP contribution >= 0.6 is 0 Å². The van der Waals surface area contributed by atoms with Crippen molar-refractivity contribution in [1.82, 2.24) is 14.8 Å². The zero-order valence-electron chi connectivity index (χ0n) is 24.2. The maximum Gasteiger partial charge on any atom is 0.253 e. The Morgan fingerprint density at radius 1 is 1.12 bits per heavy atom. The number of carbonyl (C=O) groups excluding carboxylic acids is 2. The molecule has 1 aromatic carbocycles. The molecule has 41 heavy (non-hydrogen) atoms. The summed E-state index contributed by atoms with van der Waals surface area (Å²) in [7, 11) is 0.290. The molecule has 1 fully saturated rings. The molecular weight excluding hydrogens is 549 g/mol. The Bertz CT molecular complexity index is 1470. The van der Waals surface area contributed by atoms with Crippen molar-refractivity contribution < 1.29 is 27.1 Å². The second kappa shape index (κ2) is 11.0. The predicted molar refractivity (Wildman–Crippen MR) is 153 cm³/mol. The Morgan fingerprint density at radius 3 is 2.46 bits per heavy atom. The number of nitrogens with two attached hydrogens (primary N) is 1. The summed E-state index contributed by atoms with van der Waals surface area (Å²) in [4.78, 5) is 26.9. The van der Waals surface area contributed by atoms with E-state index < -0.39 is 27.0 Å². The SMILES string of the molecule is CN(C)CCC(=O)N[C@H]1CC[C@H](Nc2cc(-n3c4c(c5c3CC(C)(C)CS5(=O)=O)COC4)cc(F)c2C(N)=O)CC1. The number of benzene rings is 1. The molecule has 224 valence electrons. The van der Waals surface area contributed by atoms with Gasteiger partial charge in [0.25, 0.3) is 5.91 Å². The highest BCUT2D eigenvalue weighted by Crippen LogP contribution is 2.44. The van der Waals surface area contributed by atoms with Crippen molar-refractivity contribution in [2.45, 2.75) is 82.6 Å². The molecule has 0 radical (unpaired) electrons. The van der Waals surface area contributed by atoms with Gasteiger partial charge in [0.1, 0.15) is 5.82 Å². The molecule has 3 heterocycles. The van der Waals surface area contributed by atoms with Gasteiger partial charge in [0.15, 0.2) is 9.84 Å². The molecule has 4 N–H and O–H groups in total. The molecule has 2 aromatic rings. The van der Waals surface area contributed by atoms with Crippen molar-refractivity contribution >= 4 is 27.3 Å². The number of aromatic nitrogens is 1. The number of ether oxygens (including phenoxy) is 1. The molecule has 1 saturated carbocycles. The smallest absolute Gasteiger partial charge is 0.253 e. The van der Waals surface area contributed by atoms with Gasteiger partial charge in [-0.2, -0.15) is 0 Å². The Hall–Kier alpha value is -2.96. The quantitative estimate of drug-likeness (QED) is 0.431. The van der Waals surface area contributed by atoms with Crippen LogP contribution in [0.1, 0.15) is 73.3 Å². The maximum atomic E-state index is 15.6. The fourth-order valence-corrected chi connectivity index (χ4v) is 8.85. The summed E-state index contributed by atoms with van der Waals surface area (Å²) in [6.07, 6.45) is 3.88. The number of amides is 2. The first kappa shape index (κ1) is 29.5. The van der Waals surface area contributed by atoms with Crippen molar-refractivity contribution in [3.05, 3.63) is 40.5 Å². The largest absolute Gasteiger partial charge is 0.382 e. The van der Waals surface area contributed by atoms with Gasteiger partial charge in [0.05, 0.1) is 46.5 Å². The van der Waals surface area contributed by atoms with Crippen LogP contribution in [0, 0.1) is 11.2 Å². The van der Waals surface area contributed by atoms with Crippen LogP contribution in [0.3, 0.4) is 0 Å². The van der Waals surface area contributed by atoms with Gasteiger partial charge in [-0.15, -0.1) is 0 Å². The normalized spacial score (nSPS) is 22.7. The predicted octanol–water partition coefficient (Wildman–Crippen LogP) is 2.89. The first-order valence-corrected chi connectivity index (χ1v) is 15.8. The van der Waals surface area contributed by atoms with E-state index in [4.69, 9.17) is 10.5 Å². The van der Waals surface area contributed by atoms with Gasteiger partial charge < -0.3 is 30.6 Å². The van der Waals surface area contributed by atoms with Crippen LogP contribution in [-0.4, -0.2) is 68.2 Å². The number of hydrogen-bond donors (Lipinski definition) is 3. The number of nitrogens with one attached hydrogen (secondary N) is 2. The van der Waals surface area contributed by atoms with Crippen LogP contribution in [0.4, 0.5) is 10.1 Å². The molecular formula is C29H40FN5O5S. The number of halogens is 1. The lowest BCUT2D eigenvalue weighted by molar-refractivity contribution is -0.122. The van der Waals surface area contributed by atoms with Crippen molar-refractivity contribution in [3.8, 4) is 5.69 Å². The van der Waals surface area contributed by atoms with E-state index in [1.54, 1.807) is 10.6 Å². The maximum absolute atomic E-state index is 15.6. The van der Waals surface area contributed by atoms with Crippen molar-refractivity contribution in [1.29, 1.82) is 0 Å². The number of fused-ring (bicyclic) bond motifs is 3. The molecule has 2 amide bonds. The van der Waals surface area contributed by atoms with Crippen LogP contribution in [-0.2, 0) is 39.0 Å². The van der Waals surface area contributed by atoms with Crippen LogP contribution in [0.15, 0.2) is 17.0 Å². The second-order valence-electron chi connectivity index (χ2n) is 12.7. The Labute approximate surface area is 240 Å². The molecule has 12 heteroatoms. The van der Waals surface area contributed by atoms with Gasteiger partial charge in [-0.1, -0.05) is 13.8 Å². The van der Waals surface area contributed by atoms with Gasteiger partial charge in [-0.05, 0) is 63.7 Å². The van der Waals surface area contributed by atoms with Crippen LogP contribution in [0.25, 0.3) is 5.69 Å². The highest BCUT2D eigenvalue weighted by atomic mass is 32.2. The summed E-state index contributed by atoms with van der Waals surface area (Å²) in [5, 5.41) is 6.44. The summed E-state index contributed by atoms with van der Waals surface area (Å²) in [5.74, 6) is -1.60. The van der Waals surface area contributed by atoms with Gasteiger partial charge >= 0.3 is 0 Å². The van der Waals surface area contributed by atoms with Gasteiger partial charge in [-0.25, -0.2) is 12.8 Å². The summed E-state index contributed by atoms with van der Waals surface area (Å²) in [6, 6.07) is 2.95. The van der Waals surface area contributed by atoms with E-state index in [1.165, 1.54) is 6.07 Å². The highest BCUT2D eigenvalue weighted by molar-refractivity contribution is 7.91. The van der Waals surface area contributed by atoms with Gasteiger partial charge in [-0.3, -0.25) is 9.59 Å². The van der Waals surface area contributed by atoms with Crippen LogP contribution < -0.4 is 16.4 Å². The average molecular weight is 590 g/mol. The zero-order chi connectivity index (χ0) is 29.7. The molecule has 2 aliphatic heterocycles. The summed E-state index contributed by atoms with van der Waals surface area (Å²) >= 11 is 0. The second-order valence-corrected chi connectivity index (χ2v) is 14.6. The minimum atomic E-state index is -3.57. The summed E-state index contributed by atoms with van der Waals surface area (Å²) in [5.41, 5.74) is 7.54. The summed E-state index contributed by atoms with van der Waals surface area (Å²) < 4.78 is 49.7. The molecule has 10 nitrogen and oxygen atoms in total. The number of sulfone groups is 1. The van der Waals surface area contributed by atoms with E-state index in [-0.39, 0.29) is 48.2 Å².